The first-order chi connectivity index (χ1) is 15.2. The molecule has 0 spiro atoms. The highest BCUT2D eigenvalue weighted by atomic mass is 35.5. The van der Waals surface area contributed by atoms with E-state index in [1.54, 1.807) is 0 Å². The Labute approximate surface area is 193 Å². The number of carbonyl (C=O) groups excluding carboxylic acids is 3. The van der Waals surface area contributed by atoms with Gasteiger partial charge in [0, 0.05) is 28.0 Å². The van der Waals surface area contributed by atoms with Gasteiger partial charge in [0.05, 0.1) is 17.2 Å². The number of halogens is 1. The standard InChI is InChI=1S/C22H23ClN2O8/c1-21(32)7-6-8-15(25(2)3)17(28)13(20(24)31)19(30)22(8,33)18(29)11(7)16(27)12-10(26)5-4-9(23)14(12)21/h4-5,7-8,15,26-27,30,32-33H,6H2,1-3H3,(H2,24,31)/t7?,8-,15-,21?,22-/m0/s1. The second-order valence-corrected chi connectivity index (χ2v) is 9.48. The van der Waals surface area contributed by atoms with Crippen LogP contribution in [0.5, 0.6) is 5.75 Å². The van der Waals surface area contributed by atoms with E-state index in [2.05, 4.69) is 0 Å². The van der Waals surface area contributed by atoms with Crippen LogP contribution in [0.2, 0.25) is 5.02 Å². The number of benzene rings is 1. The zero-order valence-corrected chi connectivity index (χ0v) is 18.7. The van der Waals surface area contributed by atoms with Crippen molar-refractivity contribution < 1.29 is 39.9 Å². The molecular weight excluding hydrogens is 456 g/mol. The van der Waals surface area contributed by atoms with Crippen molar-refractivity contribution in [1.82, 2.24) is 4.90 Å². The van der Waals surface area contributed by atoms with Crippen LogP contribution in [-0.2, 0) is 20.0 Å². The molecule has 11 heteroatoms. The summed E-state index contributed by atoms with van der Waals surface area (Å²) < 4.78 is 0. The van der Waals surface area contributed by atoms with Gasteiger partial charge in [0.2, 0.25) is 5.78 Å². The van der Waals surface area contributed by atoms with E-state index in [4.69, 9.17) is 17.3 Å². The number of aliphatic hydroxyl groups is 4. The minimum atomic E-state index is -2.78. The normalized spacial score (nSPS) is 33.7. The number of likely N-dealkylation sites (N-methyl/N-ethyl adjacent to an activating group) is 1. The van der Waals surface area contributed by atoms with E-state index >= 15 is 0 Å². The summed E-state index contributed by atoms with van der Waals surface area (Å²) in [5, 5.41) is 55.2. The number of hydrogen-bond acceptors (Lipinski definition) is 9. The quantitative estimate of drug-likeness (QED) is 0.325. The maximum atomic E-state index is 13.7. The first-order valence-electron chi connectivity index (χ1n) is 10.1. The van der Waals surface area contributed by atoms with Crippen LogP contribution in [0.1, 0.15) is 24.5 Å². The van der Waals surface area contributed by atoms with Gasteiger partial charge in [0.25, 0.3) is 5.91 Å². The molecule has 33 heavy (non-hydrogen) atoms. The second kappa shape index (κ2) is 7.04. The Bertz CT molecular complexity index is 1200. The van der Waals surface area contributed by atoms with Crippen LogP contribution in [0, 0.1) is 11.8 Å². The number of hydrogen-bond donors (Lipinski definition) is 6. The van der Waals surface area contributed by atoms with Gasteiger partial charge in [0.15, 0.2) is 11.4 Å². The van der Waals surface area contributed by atoms with E-state index in [1.165, 1.54) is 38.1 Å². The van der Waals surface area contributed by atoms with Crippen LogP contribution in [-0.4, -0.2) is 73.6 Å². The smallest absolute Gasteiger partial charge is 0.255 e. The number of phenols is 1. The van der Waals surface area contributed by atoms with Gasteiger partial charge in [-0.25, -0.2) is 0 Å². The van der Waals surface area contributed by atoms with Crippen molar-refractivity contribution in [3.63, 3.8) is 0 Å². The molecule has 0 saturated heterocycles. The van der Waals surface area contributed by atoms with Crippen LogP contribution in [0.25, 0.3) is 5.76 Å². The number of nitrogens with zero attached hydrogens (tertiary/aromatic N) is 1. The van der Waals surface area contributed by atoms with Crippen molar-refractivity contribution in [3.8, 4) is 5.75 Å². The van der Waals surface area contributed by atoms with Crippen molar-refractivity contribution in [3.05, 3.63) is 45.2 Å². The van der Waals surface area contributed by atoms with Crippen molar-refractivity contribution >= 4 is 34.8 Å². The third-order valence-electron chi connectivity index (χ3n) is 7.07. The second-order valence-electron chi connectivity index (χ2n) is 9.08. The number of carbonyl (C=O) groups is 3. The molecule has 4 rings (SSSR count). The molecule has 1 fully saturated rings. The van der Waals surface area contributed by atoms with Crippen LogP contribution < -0.4 is 5.73 Å². The molecule has 3 aliphatic carbocycles. The van der Waals surface area contributed by atoms with Gasteiger partial charge < -0.3 is 31.3 Å². The van der Waals surface area contributed by atoms with Gasteiger partial charge in [-0.2, -0.15) is 0 Å². The first-order valence-corrected chi connectivity index (χ1v) is 10.5. The van der Waals surface area contributed by atoms with E-state index < -0.39 is 75.0 Å². The van der Waals surface area contributed by atoms with Crippen LogP contribution in [0.3, 0.4) is 0 Å². The largest absolute Gasteiger partial charge is 0.508 e. The zero-order chi connectivity index (χ0) is 24.8. The monoisotopic (exact) mass is 478 g/mol. The lowest BCUT2D eigenvalue weighted by Crippen LogP contribution is -2.67. The molecule has 7 N–H and O–H groups in total. The fourth-order valence-electron chi connectivity index (χ4n) is 5.58. The number of ketones is 2. The third-order valence-corrected chi connectivity index (χ3v) is 7.39. The topological polar surface area (TPSA) is 182 Å². The molecule has 1 amide bonds. The molecule has 176 valence electrons. The molecule has 2 unspecified atom stereocenters. The number of primary amides is 1. The van der Waals surface area contributed by atoms with Crippen LogP contribution in [0.4, 0.5) is 0 Å². The minimum Gasteiger partial charge on any atom is -0.508 e. The Hall–Kier alpha value is -2.92. The maximum absolute atomic E-state index is 13.7. The Morgan fingerprint density at radius 1 is 1.18 bits per heavy atom. The molecule has 0 aromatic heterocycles. The summed E-state index contributed by atoms with van der Waals surface area (Å²) in [6.07, 6.45) is -0.259. The lowest BCUT2D eigenvalue weighted by molar-refractivity contribution is -0.159. The van der Waals surface area contributed by atoms with Crippen molar-refractivity contribution in [2.45, 2.75) is 30.6 Å². The van der Waals surface area contributed by atoms with Crippen LogP contribution >= 0.6 is 11.6 Å². The summed E-state index contributed by atoms with van der Waals surface area (Å²) in [6.45, 7) is 1.34. The lowest BCUT2D eigenvalue weighted by atomic mass is 9.54. The van der Waals surface area contributed by atoms with Gasteiger partial charge in [0.1, 0.15) is 22.8 Å². The molecule has 0 heterocycles. The minimum absolute atomic E-state index is 0.0187. The van der Waals surface area contributed by atoms with E-state index in [0.29, 0.717) is 0 Å². The van der Waals surface area contributed by atoms with Crippen molar-refractivity contribution in [2.75, 3.05) is 14.1 Å². The summed E-state index contributed by atoms with van der Waals surface area (Å²) in [4.78, 5) is 40.1. The van der Waals surface area contributed by atoms with E-state index in [9.17, 15) is 39.9 Å². The average molecular weight is 479 g/mol. The molecule has 3 aliphatic rings. The lowest BCUT2D eigenvalue weighted by Gasteiger charge is -2.53. The predicted octanol–water partition coefficient (Wildman–Crippen LogP) is 0.282. The fourth-order valence-corrected chi connectivity index (χ4v) is 5.93. The SMILES string of the molecule is CN(C)[C@@H]1C(=O)C(C(N)=O)=C(O)[C@@]2(O)C(=O)C3=C(O)c4c(O)ccc(Cl)c4C(C)(O)C3C[C@@H]12. The number of nitrogens with two attached hydrogens (primary N) is 1. The Morgan fingerprint density at radius 2 is 1.79 bits per heavy atom. The average Bonchev–Trinajstić information content (AvgIpc) is 2.69. The maximum Gasteiger partial charge on any atom is 0.255 e. The number of amides is 1. The number of aliphatic hydroxyl groups excluding tert-OH is 2. The van der Waals surface area contributed by atoms with Crippen molar-refractivity contribution in [2.24, 2.45) is 17.6 Å². The summed E-state index contributed by atoms with van der Waals surface area (Å²) in [5.74, 6) is -8.30. The Morgan fingerprint density at radius 3 is 2.33 bits per heavy atom. The number of phenolic OH excluding ortho intramolecular Hbond substituents is 1. The highest BCUT2D eigenvalue weighted by Gasteiger charge is 2.66. The van der Waals surface area contributed by atoms with Gasteiger partial charge in [-0.3, -0.25) is 19.3 Å². The molecule has 5 atom stereocenters. The number of aromatic hydroxyl groups is 1. The molecule has 1 saturated carbocycles. The fraction of sp³-hybridized carbons (Fsp3) is 0.409. The predicted molar refractivity (Wildman–Crippen MR) is 115 cm³/mol. The molecule has 0 radical (unpaired) electrons. The molecule has 0 aliphatic heterocycles. The van der Waals surface area contributed by atoms with Gasteiger partial charge in [-0.15, -0.1) is 0 Å². The number of Topliss-reactive ketones (excluding diaryl/α,β-unsaturated/α-hetero) is 2. The Balaban J connectivity index is 2.07. The summed E-state index contributed by atoms with van der Waals surface area (Å²) in [6, 6.07) is 1.24. The highest BCUT2D eigenvalue weighted by molar-refractivity contribution is 6.32. The van der Waals surface area contributed by atoms with Gasteiger partial charge in [-0.1, -0.05) is 11.6 Å². The van der Waals surface area contributed by atoms with Crippen LogP contribution in [0.15, 0.2) is 29.0 Å². The highest BCUT2D eigenvalue weighted by Crippen LogP contribution is 2.58. The molecule has 1 aromatic rings. The third kappa shape index (κ3) is 2.75. The summed E-state index contributed by atoms with van der Waals surface area (Å²) in [5.41, 5.74) is -1.10. The zero-order valence-electron chi connectivity index (χ0n) is 18.0. The molecular formula is C22H23ClN2O8. The van der Waals surface area contributed by atoms with Gasteiger partial charge in [-0.05, 0) is 39.6 Å². The van der Waals surface area contributed by atoms with E-state index in [-0.39, 0.29) is 22.6 Å². The Kier molecular flexibility index (Phi) is 4.96. The summed E-state index contributed by atoms with van der Waals surface area (Å²) in [7, 11) is 2.97. The molecule has 10 nitrogen and oxygen atoms in total. The molecule has 1 aromatic carbocycles. The summed E-state index contributed by atoms with van der Waals surface area (Å²) >= 11 is 6.28. The first kappa shape index (κ1) is 23.2. The number of fused-ring (bicyclic) bond motifs is 3. The number of rotatable bonds is 2. The van der Waals surface area contributed by atoms with Gasteiger partial charge >= 0.3 is 0 Å². The van der Waals surface area contributed by atoms with E-state index in [1.807, 2.05) is 0 Å². The van der Waals surface area contributed by atoms with Crippen molar-refractivity contribution in [1.29, 1.82) is 0 Å². The van der Waals surface area contributed by atoms with E-state index in [0.717, 1.165) is 0 Å². The molecule has 0 bridgehead atoms.